The van der Waals surface area contributed by atoms with Crippen molar-refractivity contribution in [2.24, 2.45) is 0 Å². The van der Waals surface area contributed by atoms with Crippen molar-refractivity contribution in [3.05, 3.63) is 65.2 Å². The standard InChI is InChI=1S/C15H13F4N/c1-2-14(10-5-3-4-6-11(10)17)20-15-12(18)7-9(16)8-13(15)19/h3-8,14,20H,2H2,1H3. The fraction of sp³-hybridized carbons (Fsp3) is 0.200. The molecule has 0 amide bonds. The van der Waals surface area contributed by atoms with Crippen molar-refractivity contribution < 1.29 is 17.6 Å². The van der Waals surface area contributed by atoms with Gasteiger partial charge in [0.05, 0.1) is 6.04 Å². The van der Waals surface area contributed by atoms with E-state index in [-0.39, 0.29) is 0 Å². The molecule has 0 bridgehead atoms. The first-order chi connectivity index (χ1) is 9.52. The molecule has 0 fully saturated rings. The molecule has 1 unspecified atom stereocenters. The molecule has 0 aliphatic heterocycles. The van der Waals surface area contributed by atoms with E-state index in [9.17, 15) is 17.6 Å². The van der Waals surface area contributed by atoms with Crippen molar-refractivity contribution in [3.63, 3.8) is 0 Å². The molecular weight excluding hydrogens is 270 g/mol. The van der Waals surface area contributed by atoms with Crippen LogP contribution in [-0.2, 0) is 0 Å². The summed E-state index contributed by atoms with van der Waals surface area (Å²) in [6.45, 7) is 1.75. The lowest BCUT2D eigenvalue weighted by Gasteiger charge is -2.20. The minimum Gasteiger partial charge on any atom is -0.373 e. The average Bonchev–Trinajstić information content (AvgIpc) is 2.39. The highest BCUT2D eigenvalue weighted by atomic mass is 19.1. The van der Waals surface area contributed by atoms with Crippen LogP contribution in [0.3, 0.4) is 0 Å². The zero-order chi connectivity index (χ0) is 14.7. The molecule has 2 aromatic carbocycles. The predicted octanol–water partition coefficient (Wildman–Crippen LogP) is 4.81. The number of hydrogen-bond acceptors (Lipinski definition) is 1. The van der Waals surface area contributed by atoms with Gasteiger partial charge in [-0.1, -0.05) is 25.1 Å². The van der Waals surface area contributed by atoms with Gasteiger partial charge in [0.25, 0.3) is 0 Å². The molecule has 0 aliphatic rings. The van der Waals surface area contributed by atoms with Gasteiger partial charge in [-0.25, -0.2) is 17.6 Å². The molecule has 0 heterocycles. The van der Waals surface area contributed by atoms with Gasteiger partial charge in [-0.15, -0.1) is 0 Å². The maximum Gasteiger partial charge on any atom is 0.152 e. The van der Waals surface area contributed by atoms with Crippen LogP contribution >= 0.6 is 0 Å². The number of rotatable bonds is 4. The maximum atomic E-state index is 13.7. The predicted molar refractivity (Wildman–Crippen MR) is 69.4 cm³/mol. The largest absolute Gasteiger partial charge is 0.373 e. The average molecular weight is 283 g/mol. The van der Waals surface area contributed by atoms with Gasteiger partial charge in [0.15, 0.2) is 11.6 Å². The Morgan fingerprint density at radius 3 is 2.10 bits per heavy atom. The summed E-state index contributed by atoms with van der Waals surface area (Å²) in [6.07, 6.45) is 0.414. The first kappa shape index (κ1) is 14.4. The van der Waals surface area contributed by atoms with E-state index in [2.05, 4.69) is 5.32 Å². The lowest BCUT2D eigenvalue weighted by molar-refractivity contribution is 0.539. The van der Waals surface area contributed by atoms with Crippen molar-refractivity contribution in [2.75, 3.05) is 5.32 Å². The summed E-state index contributed by atoms with van der Waals surface area (Å²) >= 11 is 0. The molecule has 2 rings (SSSR count). The van der Waals surface area contributed by atoms with Gasteiger partial charge in [0, 0.05) is 17.7 Å². The van der Waals surface area contributed by atoms with Crippen LogP contribution in [0.5, 0.6) is 0 Å². The van der Waals surface area contributed by atoms with Crippen LogP contribution < -0.4 is 5.32 Å². The molecule has 20 heavy (non-hydrogen) atoms. The Balaban J connectivity index is 2.35. The minimum absolute atomic E-state index is 0.304. The quantitative estimate of drug-likeness (QED) is 0.794. The van der Waals surface area contributed by atoms with Crippen LogP contribution in [0.4, 0.5) is 23.2 Å². The van der Waals surface area contributed by atoms with E-state index in [0.717, 1.165) is 0 Å². The Kier molecular flexibility index (Phi) is 4.27. The summed E-state index contributed by atoms with van der Waals surface area (Å²) in [6, 6.07) is 6.54. The normalized spacial score (nSPS) is 12.2. The zero-order valence-electron chi connectivity index (χ0n) is 10.8. The van der Waals surface area contributed by atoms with Crippen LogP contribution in [-0.4, -0.2) is 0 Å². The summed E-state index contributed by atoms with van der Waals surface area (Å²) in [5.74, 6) is -3.55. The first-order valence-corrected chi connectivity index (χ1v) is 6.18. The first-order valence-electron chi connectivity index (χ1n) is 6.18. The van der Waals surface area contributed by atoms with E-state index in [1.165, 1.54) is 18.2 Å². The molecule has 0 aromatic heterocycles. The second-order valence-corrected chi connectivity index (χ2v) is 4.37. The van der Waals surface area contributed by atoms with Crippen LogP contribution in [0.15, 0.2) is 36.4 Å². The fourth-order valence-electron chi connectivity index (χ4n) is 2.01. The molecule has 0 aliphatic carbocycles. The van der Waals surface area contributed by atoms with Crippen molar-refractivity contribution in [1.82, 2.24) is 0 Å². The molecule has 1 nitrogen and oxygen atoms in total. The Morgan fingerprint density at radius 2 is 1.55 bits per heavy atom. The van der Waals surface area contributed by atoms with Crippen molar-refractivity contribution in [3.8, 4) is 0 Å². The third-order valence-corrected chi connectivity index (χ3v) is 3.01. The van der Waals surface area contributed by atoms with Gasteiger partial charge >= 0.3 is 0 Å². The number of hydrogen-bond donors (Lipinski definition) is 1. The summed E-state index contributed by atoms with van der Waals surface area (Å²) in [4.78, 5) is 0. The van der Waals surface area contributed by atoms with Crippen molar-refractivity contribution >= 4 is 5.69 Å². The lowest BCUT2D eigenvalue weighted by atomic mass is 10.0. The molecule has 0 saturated heterocycles. The Morgan fingerprint density at radius 1 is 0.950 bits per heavy atom. The fourth-order valence-corrected chi connectivity index (χ4v) is 2.01. The number of nitrogens with one attached hydrogen (secondary N) is 1. The van der Waals surface area contributed by atoms with E-state index in [1.54, 1.807) is 13.0 Å². The Labute approximate surface area is 114 Å². The third-order valence-electron chi connectivity index (χ3n) is 3.01. The van der Waals surface area contributed by atoms with Crippen LogP contribution in [0.2, 0.25) is 0 Å². The zero-order valence-corrected chi connectivity index (χ0v) is 10.8. The molecule has 0 saturated carbocycles. The molecule has 0 radical (unpaired) electrons. The summed E-state index contributed by atoms with van der Waals surface area (Å²) in [7, 11) is 0. The van der Waals surface area contributed by atoms with Gasteiger partial charge < -0.3 is 5.32 Å². The molecule has 1 N–H and O–H groups in total. The maximum absolute atomic E-state index is 13.7. The van der Waals surface area contributed by atoms with E-state index in [1.807, 2.05) is 0 Å². The molecule has 5 heteroatoms. The van der Waals surface area contributed by atoms with E-state index in [4.69, 9.17) is 0 Å². The molecule has 0 spiro atoms. The third kappa shape index (κ3) is 2.92. The summed E-state index contributed by atoms with van der Waals surface area (Å²) in [5, 5.41) is 2.59. The number of benzene rings is 2. The van der Waals surface area contributed by atoms with Crippen molar-refractivity contribution in [1.29, 1.82) is 0 Å². The SMILES string of the molecule is CCC(Nc1c(F)cc(F)cc1F)c1ccccc1F. The van der Waals surface area contributed by atoms with E-state index in [0.29, 0.717) is 24.1 Å². The monoisotopic (exact) mass is 283 g/mol. The van der Waals surface area contributed by atoms with E-state index >= 15 is 0 Å². The topological polar surface area (TPSA) is 12.0 Å². The van der Waals surface area contributed by atoms with Crippen molar-refractivity contribution in [2.45, 2.75) is 19.4 Å². The highest BCUT2D eigenvalue weighted by Crippen LogP contribution is 2.28. The van der Waals surface area contributed by atoms with Crippen LogP contribution in [0.25, 0.3) is 0 Å². The summed E-state index contributed by atoms with van der Waals surface area (Å²) in [5.41, 5.74) is -0.153. The second kappa shape index (κ2) is 5.94. The molecule has 2 aromatic rings. The smallest absolute Gasteiger partial charge is 0.152 e. The van der Waals surface area contributed by atoms with Gasteiger partial charge in [0.1, 0.15) is 17.3 Å². The number of anilines is 1. The highest BCUT2D eigenvalue weighted by Gasteiger charge is 2.18. The lowest BCUT2D eigenvalue weighted by Crippen LogP contribution is -2.14. The van der Waals surface area contributed by atoms with Gasteiger partial charge in [-0.05, 0) is 12.5 Å². The Hall–Kier alpha value is -2.04. The van der Waals surface area contributed by atoms with Gasteiger partial charge in [-0.2, -0.15) is 0 Å². The molecular formula is C15H13F4N. The van der Waals surface area contributed by atoms with Crippen LogP contribution in [0.1, 0.15) is 24.9 Å². The van der Waals surface area contributed by atoms with Crippen LogP contribution in [0, 0.1) is 23.3 Å². The number of halogens is 4. The Bertz CT molecular complexity index is 590. The second-order valence-electron chi connectivity index (χ2n) is 4.37. The van der Waals surface area contributed by atoms with E-state index < -0.39 is 35.0 Å². The van der Waals surface area contributed by atoms with Gasteiger partial charge in [-0.3, -0.25) is 0 Å². The highest BCUT2D eigenvalue weighted by molar-refractivity contribution is 5.48. The minimum atomic E-state index is -1.04. The molecule has 1 atom stereocenters. The molecule has 106 valence electrons. The summed E-state index contributed by atoms with van der Waals surface area (Å²) < 4.78 is 53.7. The van der Waals surface area contributed by atoms with Gasteiger partial charge in [0.2, 0.25) is 0 Å².